The second-order valence-corrected chi connectivity index (χ2v) is 3.49. The number of hydrogen-bond donors (Lipinski definition) is 0. The third-order valence-electron chi connectivity index (χ3n) is 2.67. The van der Waals surface area contributed by atoms with Gasteiger partial charge in [-0.2, -0.15) is 13.5 Å². The minimum atomic E-state index is 0. The molecule has 1 unspecified atom stereocenters. The van der Waals surface area contributed by atoms with E-state index in [1.165, 1.54) is 19.3 Å². The number of rotatable bonds is 0. The third kappa shape index (κ3) is 1.66. The molecule has 0 nitrogen and oxygen atoms in total. The topological polar surface area (TPSA) is 0 Å². The Kier molecular flexibility index (Phi) is 3.21. The Hall–Kier alpha value is -0.430. The zero-order valence-electron chi connectivity index (χ0n) is 7.51. The molecule has 0 saturated carbocycles. The molecule has 2 rings (SSSR count). The van der Waals surface area contributed by atoms with E-state index in [1.807, 2.05) is 0 Å². The van der Waals surface area contributed by atoms with E-state index in [0.717, 1.165) is 5.92 Å². The van der Waals surface area contributed by atoms with E-state index in [2.05, 4.69) is 31.2 Å². The molecule has 0 aromatic heterocycles. The van der Waals surface area contributed by atoms with Gasteiger partial charge in [0.2, 0.25) is 0 Å². The predicted molar refractivity (Wildman–Crippen MR) is 58.2 cm³/mol. The van der Waals surface area contributed by atoms with Crippen molar-refractivity contribution >= 4 is 13.5 Å². The first kappa shape index (κ1) is 9.66. The fourth-order valence-electron chi connectivity index (χ4n) is 2.00. The highest BCUT2D eigenvalue weighted by Gasteiger charge is 2.14. The van der Waals surface area contributed by atoms with Crippen LogP contribution in [-0.2, 0) is 6.42 Å². The average Bonchev–Trinajstić information content (AvgIpc) is 2.06. The van der Waals surface area contributed by atoms with E-state index >= 15 is 0 Å². The van der Waals surface area contributed by atoms with E-state index in [4.69, 9.17) is 0 Å². The highest BCUT2D eigenvalue weighted by molar-refractivity contribution is 7.59. The minimum Gasteiger partial charge on any atom is -0.197 e. The lowest BCUT2D eigenvalue weighted by molar-refractivity contribution is 0.590. The first-order chi connectivity index (χ1) is 5.38. The second-order valence-electron chi connectivity index (χ2n) is 3.49. The molecule has 0 N–H and O–H groups in total. The van der Waals surface area contributed by atoms with Crippen molar-refractivity contribution in [2.45, 2.75) is 32.1 Å². The lowest BCUT2D eigenvalue weighted by atomic mass is 9.84. The molecule has 0 aliphatic heterocycles. The van der Waals surface area contributed by atoms with Crippen LogP contribution < -0.4 is 0 Å². The molecule has 0 saturated heterocycles. The molecule has 1 atom stereocenters. The molecular formula is C11H16S. The maximum absolute atomic E-state index is 2.33. The maximum Gasteiger partial charge on any atom is -0.0188 e. The summed E-state index contributed by atoms with van der Waals surface area (Å²) in [5, 5.41) is 0. The summed E-state index contributed by atoms with van der Waals surface area (Å²) >= 11 is 0. The van der Waals surface area contributed by atoms with Gasteiger partial charge in [-0.1, -0.05) is 31.2 Å². The van der Waals surface area contributed by atoms with Crippen molar-refractivity contribution in [1.82, 2.24) is 0 Å². The molecule has 1 aliphatic carbocycles. The van der Waals surface area contributed by atoms with Gasteiger partial charge in [0.1, 0.15) is 0 Å². The van der Waals surface area contributed by atoms with Crippen molar-refractivity contribution in [1.29, 1.82) is 0 Å². The molecule has 0 amide bonds. The Bertz CT molecular complexity index is 255. The van der Waals surface area contributed by atoms with Crippen LogP contribution in [0, 0.1) is 0 Å². The van der Waals surface area contributed by atoms with Crippen molar-refractivity contribution < 1.29 is 0 Å². The molecule has 0 radical (unpaired) electrons. The number of benzene rings is 1. The summed E-state index contributed by atoms with van der Waals surface area (Å²) in [4.78, 5) is 0. The lowest BCUT2D eigenvalue weighted by Gasteiger charge is -2.21. The van der Waals surface area contributed by atoms with Crippen LogP contribution in [0.3, 0.4) is 0 Å². The average molecular weight is 180 g/mol. The fraction of sp³-hybridized carbons (Fsp3) is 0.455. The normalized spacial score (nSPS) is 20.9. The largest absolute Gasteiger partial charge is 0.197 e. The van der Waals surface area contributed by atoms with Gasteiger partial charge < -0.3 is 0 Å². The molecule has 66 valence electrons. The summed E-state index contributed by atoms with van der Waals surface area (Å²) < 4.78 is 0. The fourth-order valence-corrected chi connectivity index (χ4v) is 2.00. The Labute approximate surface area is 81.4 Å². The number of hydrogen-bond acceptors (Lipinski definition) is 0. The minimum absolute atomic E-state index is 0. The van der Waals surface area contributed by atoms with Crippen molar-refractivity contribution in [3.8, 4) is 0 Å². The van der Waals surface area contributed by atoms with Crippen LogP contribution in [0.15, 0.2) is 24.3 Å². The van der Waals surface area contributed by atoms with Gasteiger partial charge in [-0.25, -0.2) is 0 Å². The molecule has 1 aromatic carbocycles. The van der Waals surface area contributed by atoms with Crippen LogP contribution in [0.2, 0.25) is 0 Å². The zero-order valence-corrected chi connectivity index (χ0v) is 8.51. The molecule has 0 heterocycles. The quantitative estimate of drug-likeness (QED) is 0.575. The maximum atomic E-state index is 2.33. The monoisotopic (exact) mass is 180 g/mol. The number of aryl methyl sites for hydroxylation is 1. The highest BCUT2D eigenvalue weighted by atomic mass is 32.1. The lowest BCUT2D eigenvalue weighted by Crippen LogP contribution is -2.05. The van der Waals surface area contributed by atoms with Gasteiger partial charge >= 0.3 is 0 Å². The van der Waals surface area contributed by atoms with Gasteiger partial charge in [0.15, 0.2) is 0 Å². The van der Waals surface area contributed by atoms with Crippen molar-refractivity contribution in [3.05, 3.63) is 35.4 Å². The Balaban J connectivity index is 0.000000720. The van der Waals surface area contributed by atoms with Gasteiger partial charge in [0.25, 0.3) is 0 Å². The van der Waals surface area contributed by atoms with Crippen molar-refractivity contribution in [3.63, 3.8) is 0 Å². The molecular weight excluding hydrogens is 164 g/mol. The molecule has 0 spiro atoms. The third-order valence-corrected chi connectivity index (χ3v) is 2.67. The molecule has 0 fully saturated rings. The molecule has 1 aromatic rings. The standard InChI is InChI=1S/C11H14.H2S/c1-9-5-4-7-10-6-2-3-8-11(9)10;/h2-3,6,8-9H,4-5,7H2,1H3;1H2. The SMILES string of the molecule is CC1CCCc2ccccc21.S. The summed E-state index contributed by atoms with van der Waals surface area (Å²) in [6, 6.07) is 8.85. The first-order valence-corrected chi connectivity index (χ1v) is 4.46. The Morgan fingerprint density at radius 2 is 2.00 bits per heavy atom. The van der Waals surface area contributed by atoms with E-state index in [9.17, 15) is 0 Å². The highest BCUT2D eigenvalue weighted by Crippen LogP contribution is 2.30. The van der Waals surface area contributed by atoms with E-state index < -0.39 is 0 Å². The van der Waals surface area contributed by atoms with Crippen LogP contribution in [0.1, 0.15) is 36.8 Å². The van der Waals surface area contributed by atoms with Crippen molar-refractivity contribution in [2.75, 3.05) is 0 Å². The van der Waals surface area contributed by atoms with Crippen LogP contribution in [-0.4, -0.2) is 0 Å². The summed E-state index contributed by atoms with van der Waals surface area (Å²) in [5.74, 6) is 0.792. The predicted octanol–water partition coefficient (Wildman–Crippen LogP) is 3.24. The van der Waals surface area contributed by atoms with Crippen LogP contribution in [0.5, 0.6) is 0 Å². The smallest absolute Gasteiger partial charge is 0.0188 e. The second kappa shape index (κ2) is 3.99. The first-order valence-electron chi connectivity index (χ1n) is 4.46. The van der Waals surface area contributed by atoms with Crippen LogP contribution in [0.25, 0.3) is 0 Å². The summed E-state index contributed by atoms with van der Waals surface area (Å²) in [7, 11) is 0. The van der Waals surface area contributed by atoms with Gasteiger partial charge in [-0.15, -0.1) is 0 Å². The molecule has 1 heteroatoms. The molecule has 0 bridgehead atoms. The Morgan fingerprint density at radius 1 is 1.25 bits per heavy atom. The van der Waals surface area contributed by atoms with Gasteiger partial charge in [0.05, 0.1) is 0 Å². The Morgan fingerprint density at radius 3 is 2.75 bits per heavy atom. The van der Waals surface area contributed by atoms with Gasteiger partial charge in [-0.3, -0.25) is 0 Å². The van der Waals surface area contributed by atoms with E-state index in [0.29, 0.717) is 0 Å². The van der Waals surface area contributed by atoms with Crippen LogP contribution in [0.4, 0.5) is 0 Å². The van der Waals surface area contributed by atoms with Crippen LogP contribution >= 0.6 is 13.5 Å². The summed E-state index contributed by atoms with van der Waals surface area (Å²) in [6.07, 6.45) is 4.04. The summed E-state index contributed by atoms with van der Waals surface area (Å²) in [6.45, 7) is 2.33. The molecule has 12 heavy (non-hydrogen) atoms. The van der Waals surface area contributed by atoms with Crippen molar-refractivity contribution in [2.24, 2.45) is 0 Å². The van der Waals surface area contributed by atoms with Gasteiger partial charge in [-0.05, 0) is 36.3 Å². The molecule has 1 aliphatic rings. The van der Waals surface area contributed by atoms with E-state index in [-0.39, 0.29) is 13.5 Å². The zero-order chi connectivity index (χ0) is 7.68. The van der Waals surface area contributed by atoms with E-state index in [1.54, 1.807) is 11.1 Å². The number of fused-ring (bicyclic) bond motifs is 1. The van der Waals surface area contributed by atoms with Gasteiger partial charge in [0, 0.05) is 0 Å². The summed E-state index contributed by atoms with van der Waals surface area (Å²) in [5.41, 5.74) is 3.16.